The highest BCUT2D eigenvalue weighted by atomic mass is 16.5. The highest BCUT2D eigenvalue weighted by molar-refractivity contribution is 6.25. The summed E-state index contributed by atoms with van der Waals surface area (Å²) in [4.78, 5) is 26.5. The van der Waals surface area contributed by atoms with Crippen molar-refractivity contribution in [3.63, 3.8) is 0 Å². The molecule has 0 saturated carbocycles. The number of aliphatic hydroxyl groups is 2. The molecule has 0 fully saturated rings. The van der Waals surface area contributed by atoms with Crippen molar-refractivity contribution < 1.29 is 24.5 Å². The van der Waals surface area contributed by atoms with E-state index in [-0.39, 0.29) is 36.2 Å². The fourth-order valence-corrected chi connectivity index (χ4v) is 3.52. The molecular weight excluding hydrogens is 392 g/mol. The van der Waals surface area contributed by atoms with E-state index in [0.29, 0.717) is 6.42 Å². The molecule has 2 N–H and O–H groups in total. The molecule has 0 spiro atoms. The summed E-state index contributed by atoms with van der Waals surface area (Å²) >= 11 is 0. The molecule has 166 valence electrons. The molecule has 1 unspecified atom stereocenters. The number of Topliss-reactive ketones (excluding diaryl/α,β-unsaturated/α-hetero) is 2. The van der Waals surface area contributed by atoms with Crippen molar-refractivity contribution in [2.45, 2.75) is 59.0 Å². The number of carbonyl (C=O) groups excluding carboxylic acids is 2. The maximum atomic E-state index is 13.4. The second-order valence-corrected chi connectivity index (χ2v) is 8.29. The zero-order chi connectivity index (χ0) is 23.2. The van der Waals surface area contributed by atoms with Crippen LogP contribution in [0.1, 0.15) is 52.5 Å². The van der Waals surface area contributed by atoms with Gasteiger partial charge in [-0.2, -0.15) is 0 Å². The molecule has 1 aromatic carbocycles. The van der Waals surface area contributed by atoms with Crippen LogP contribution in [0.5, 0.6) is 0 Å². The van der Waals surface area contributed by atoms with Crippen molar-refractivity contribution in [2.24, 2.45) is 0 Å². The van der Waals surface area contributed by atoms with E-state index >= 15 is 0 Å². The van der Waals surface area contributed by atoms with Gasteiger partial charge >= 0.3 is 0 Å². The summed E-state index contributed by atoms with van der Waals surface area (Å²) in [5.74, 6) is -1.97. The first kappa shape index (κ1) is 24.4. The SMILES string of the molecule is COC1(CC=C(C)C)C(=O)C(C(=O)CCc2ccccc2)=C(O)C(CC=C(C)C)=C1O. The molecule has 2 rings (SSSR count). The number of aliphatic hydroxyl groups excluding tert-OH is 2. The summed E-state index contributed by atoms with van der Waals surface area (Å²) in [6, 6.07) is 9.48. The number of rotatable bonds is 9. The Kier molecular flexibility index (Phi) is 8.17. The molecule has 0 saturated heterocycles. The molecule has 1 aliphatic rings. The lowest BCUT2D eigenvalue weighted by Crippen LogP contribution is -2.48. The predicted molar refractivity (Wildman–Crippen MR) is 122 cm³/mol. The van der Waals surface area contributed by atoms with Crippen LogP contribution in [0.25, 0.3) is 0 Å². The smallest absolute Gasteiger partial charge is 0.210 e. The zero-order valence-corrected chi connectivity index (χ0v) is 19.0. The van der Waals surface area contributed by atoms with E-state index in [4.69, 9.17) is 4.74 Å². The number of hydrogen-bond donors (Lipinski definition) is 2. The highest BCUT2D eigenvalue weighted by Crippen LogP contribution is 2.40. The van der Waals surface area contributed by atoms with Gasteiger partial charge in [0.15, 0.2) is 11.4 Å². The van der Waals surface area contributed by atoms with E-state index in [1.807, 2.05) is 64.1 Å². The fourth-order valence-electron chi connectivity index (χ4n) is 3.52. The number of hydrogen-bond acceptors (Lipinski definition) is 5. The first-order valence-electron chi connectivity index (χ1n) is 10.4. The van der Waals surface area contributed by atoms with Gasteiger partial charge in [-0.3, -0.25) is 9.59 Å². The van der Waals surface area contributed by atoms with E-state index in [1.165, 1.54) is 7.11 Å². The van der Waals surface area contributed by atoms with Gasteiger partial charge in [0.1, 0.15) is 17.1 Å². The molecule has 0 heterocycles. The second-order valence-electron chi connectivity index (χ2n) is 8.29. The zero-order valence-electron chi connectivity index (χ0n) is 19.0. The quantitative estimate of drug-likeness (QED) is 0.404. The predicted octanol–water partition coefficient (Wildman–Crippen LogP) is 5.49. The lowest BCUT2D eigenvalue weighted by molar-refractivity contribution is -0.138. The molecule has 1 atom stereocenters. The molecule has 5 heteroatoms. The van der Waals surface area contributed by atoms with Gasteiger partial charge in [-0.1, -0.05) is 53.6 Å². The van der Waals surface area contributed by atoms with Gasteiger partial charge < -0.3 is 14.9 Å². The van der Waals surface area contributed by atoms with Crippen LogP contribution in [0, 0.1) is 0 Å². The molecule has 1 aliphatic carbocycles. The maximum Gasteiger partial charge on any atom is 0.210 e. The molecule has 0 amide bonds. The normalized spacial score (nSPS) is 18.8. The van der Waals surface area contributed by atoms with Crippen molar-refractivity contribution in [1.82, 2.24) is 0 Å². The van der Waals surface area contributed by atoms with Crippen LogP contribution in [0.4, 0.5) is 0 Å². The Labute approximate surface area is 184 Å². The third kappa shape index (κ3) is 5.42. The molecule has 0 radical (unpaired) electrons. The van der Waals surface area contributed by atoms with Crippen LogP contribution in [-0.4, -0.2) is 34.5 Å². The van der Waals surface area contributed by atoms with E-state index in [9.17, 15) is 19.8 Å². The lowest BCUT2D eigenvalue weighted by Gasteiger charge is -2.35. The van der Waals surface area contributed by atoms with Crippen molar-refractivity contribution in [2.75, 3.05) is 7.11 Å². The van der Waals surface area contributed by atoms with Crippen molar-refractivity contribution in [3.8, 4) is 0 Å². The molecular formula is C26H32O5. The van der Waals surface area contributed by atoms with Gasteiger partial charge in [-0.25, -0.2) is 0 Å². The summed E-state index contributed by atoms with van der Waals surface area (Å²) in [7, 11) is 1.33. The van der Waals surface area contributed by atoms with Crippen LogP contribution in [0.2, 0.25) is 0 Å². The Morgan fingerprint density at radius 3 is 2.19 bits per heavy atom. The minimum Gasteiger partial charge on any atom is -0.508 e. The Morgan fingerprint density at radius 1 is 1.03 bits per heavy atom. The topological polar surface area (TPSA) is 83.8 Å². The standard InChI is InChI=1S/C26H32O5/c1-17(2)11-13-20-23(28)22(21(27)14-12-19-9-7-6-8-10-19)25(30)26(31-5,24(20)29)16-15-18(3)4/h6-11,15,28-29H,12-14,16H2,1-5H3. The Balaban J connectivity index is 2.53. The van der Waals surface area contributed by atoms with E-state index in [1.54, 1.807) is 6.08 Å². The largest absolute Gasteiger partial charge is 0.508 e. The van der Waals surface area contributed by atoms with Gasteiger partial charge in [0.25, 0.3) is 0 Å². The van der Waals surface area contributed by atoms with Gasteiger partial charge in [-0.05, 0) is 46.1 Å². The van der Waals surface area contributed by atoms with Crippen molar-refractivity contribution in [3.05, 3.63) is 81.9 Å². The first-order valence-corrected chi connectivity index (χ1v) is 10.4. The van der Waals surface area contributed by atoms with Crippen LogP contribution in [0.15, 0.2) is 76.3 Å². The maximum absolute atomic E-state index is 13.4. The van der Waals surface area contributed by atoms with Gasteiger partial charge in [0.2, 0.25) is 5.78 Å². The minimum atomic E-state index is -1.73. The summed E-state index contributed by atoms with van der Waals surface area (Å²) in [5, 5.41) is 21.9. The molecule has 31 heavy (non-hydrogen) atoms. The van der Waals surface area contributed by atoms with Gasteiger partial charge in [-0.15, -0.1) is 0 Å². The summed E-state index contributed by atoms with van der Waals surface area (Å²) < 4.78 is 5.56. The molecule has 0 aliphatic heterocycles. The Bertz CT molecular complexity index is 955. The first-order chi connectivity index (χ1) is 14.6. The van der Waals surface area contributed by atoms with Gasteiger partial charge in [0, 0.05) is 25.5 Å². The van der Waals surface area contributed by atoms with Crippen molar-refractivity contribution >= 4 is 11.6 Å². The third-order valence-electron chi connectivity index (χ3n) is 5.41. The number of benzene rings is 1. The number of carbonyl (C=O) groups is 2. The summed E-state index contributed by atoms with van der Waals surface area (Å²) in [5.41, 5.74) is 1.01. The number of methoxy groups -OCH3 is 1. The minimum absolute atomic E-state index is 0.0638. The number of ketones is 2. The van der Waals surface area contributed by atoms with Gasteiger partial charge in [0.05, 0.1) is 0 Å². The second kappa shape index (κ2) is 10.4. The highest BCUT2D eigenvalue weighted by Gasteiger charge is 2.51. The molecule has 1 aromatic rings. The van der Waals surface area contributed by atoms with Crippen LogP contribution >= 0.6 is 0 Å². The number of aryl methyl sites for hydroxylation is 1. The lowest BCUT2D eigenvalue weighted by atomic mass is 9.76. The number of allylic oxidation sites excluding steroid dienone is 4. The monoisotopic (exact) mass is 424 g/mol. The van der Waals surface area contributed by atoms with Crippen LogP contribution < -0.4 is 0 Å². The summed E-state index contributed by atoms with van der Waals surface area (Å²) in [6.07, 6.45) is 4.36. The average molecular weight is 425 g/mol. The molecule has 5 nitrogen and oxygen atoms in total. The average Bonchev–Trinajstić information content (AvgIpc) is 2.73. The number of ether oxygens (including phenoxy) is 1. The van der Waals surface area contributed by atoms with E-state index < -0.39 is 22.9 Å². The van der Waals surface area contributed by atoms with Crippen molar-refractivity contribution in [1.29, 1.82) is 0 Å². The Morgan fingerprint density at radius 2 is 1.65 bits per heavy atom. The summed E-state index contributed by atoms with van der Waals surface area (Å²) in [6.45, 7) is 7.54. The van der Waals surface area contributed by atoms with E-state index in [2.05, 4.69) is 0 Å². The van der Waals surface area contributed by atoms with Crippen LogP contribution in [-0.2, 0) is 20.7 Å². The fraction of sp³-hybridized carbons (Fsp3) is 0.385. The third-order valence-corrected chi connectivity index (χ3v) is 5.41. The molecule has 0 aromatic heterocycles. The Hall–Kier alpha value is -2.92. The van der Waals surface area contributed by atoms with E-state index in [0.717, 1.165) is 16.7 Å². The van der Waals surface area contributed by atoms with Crippen LogP contribution in [0.3, 0.4) is 0 Å². The molecule has 0 bridgehead atoms.